The van der Waals surface area contributed by atoms with E-state index in [1.165, 1.54) is 0 Å². The summed E-state index contributed by atoms with van der Waals surface area (Å²) in [6.07, 6.45) is 3.61. The van der Waals surface area contributed by atoms with Crippen molar-refractivity contribution in [2.75, 3.05) is 13.2 Å². The van der Waals surface area contributed by atoms with Crippen LogP contribution in [0.3, 0.4) is 0 Å². The van der Waals surface area contributed by atoms with Crippen molar-refractivity contribution in [2.45, 2.75) is 38.1 Å². The first-order valence-corrected chi connectivity index (χ1v) is 5.07. The third kappa shape index (κ3) is 2.71. The van der Waals surface area contributed by atoms with Crippen molar-refractivity contribution < 1.29 is 9.90 Å². The summed E-state index contributed by atoms with van der Waals surface area (Å²) in [4.78, 5) is 13.3. The van der Waals surface area contributed by atoms with E-state index in [0.717, 1.165) is 32.2 Å². The average Bonchev–Trinajstić information content (AvgIpc) is 2.63. The highest BCUT2D eigenvalue weighted by molar-refractivity contribution is 5.78. The Hall–Kier alpha value is -1.08. The number of carbonyl (C=O) groups excluding carboxylic acids is 1. The van der Waals surface area contributed by atoms with E-state index in [2.05, 4.69) is 0 Å². The van der Waals surface area contributed by atoms with Crippen LogP contribution < -0.4 is 0 Å². The van der Waals surface area contributed by atoms with Crippen molar-refractivity contribution in [3.8, 4) is 6.07 Å². The van der Waals surface area contributed by atoms with E-state index in [1.54, 1.807) is 4.90 Å². The van der Waals surface area contributed by atoms with Gasteiger partial charge in [-0.15, -0.1) is 0 Å². The molecule has 0 aliphatic carbocycles. The molecular formula is C10H16N2O2. The highest BCUT2D eigenvalue weighted by Crippen LogP contribution is 2.21. The summed E-state index contributed by atoms with van der Waals surface area (Å²) in [7, 11) is 0. The number of amides is 1. The number of hydrogen-bond acceptors (Lipinski definition) is 3. The number of aliphatic hydroxyl groups excluding tert-OH is 1. The summed E-state index contributed by atoms with van der Waals surface area (Å²) < 4.78 is 0. The van der Waals surface area contributed by atoms with Crippen LogP contribution in [0, 0.1) is 11.3 Å². The van der Waals surface area contributed by atoms with Crippen LogP contribution in [0.15, 0.2) is 0 Å². The van der Waals surface area contributed by atoms with Gasteiger partial charge in [-0.3, -0.25) is 4.79 Å². The van der Waals surface area contributed by atoms with Gasteiger partial charge < -0.3 is 10.0 Å². The Morgan fingerprint density at radius 3 is 3.07 bits per heavy atom. The molecule has 4 heteroatoms. The monoisotopic (exact) mass is 196 g/mol. The molecule has 0 aromatic carbocycles. The fourth-order valence-electron chi connectivity index (χ4n) is 1.96. The van der Waals surface area contributed by atoms with Crippen LogP contribution in [-0.4, -0.2) is 35.1 Å². The molecule has 4 nitrogen and oxygen atoms in total. The van der Waals surface area contributed by atoms with Crippen LogP contribution in [0.4, 0.5) is 0 Å². The number of nitrogens with zero attached hydrogens (tertiary/aromatic N) is 2. The van der Waals surface area contributed by atoms with Crippen molar-refractivity contribution in [1.29, 1.82) is 5.26 Å². The molecule has 1 unspecified atom stereocenters. The van der Waals surface area contributed by atoms with Gasteiger partial charge in [-0.1, -0.05) is 0 Å². The molecule has 1 aliphatic heterocycles. The largest absolute Gasteiger partial charge is 0.396 e. The van der Waals surface area contributed by atoms with Crippen LogP contribution >= 0.6 is 0 Å². The van der Waals surface area contributed by atoms with Crippen molar-refractivity contribution in [1.82, 2.24) is 4.90 Å². The van der Waals surface area contributed by atoms with Crippen LogP contribution in [0.1, 0.15) is 32.1 Å². The Bertz CT molecular complexity index is 235. The zero-order valence-electron chi connectivity index (χ0n) is 8.28. The van der Waals surface area contributed by atoms with Gasteiger partial charge in [-0.05, 0) is 25.7 Å². The first-order chi connectivity index (χ1) is 6.79. The number of hydrogen-bond donors (Lipinski definition) is 1. The molecular weight excluding hydrogens is 180 g/mol. The quantitative estimate of drug-likeness (QED) is 0.718. The predicted molar refractivity (Wildman–Crippen MR) is 51.3 cm³/mol. The van der Waals surface area contributed by atoms with Crippen molar-refractivity contribution in [3.63, 3.8) is 0 Å². The number of rotatable bonds is 4. The molecule has 0 aromatic rings. The maximum absolute atomic E-state index is 11.5. The molecule has 1 N–H and O–H groups in total. The van der Waals surface area contributed by atoms with Gasteiger partial charge in [0.05, 0.1) is 6.07 Å². The highest BCUT2D eigenvalue weighted by Gasteiger charge is 2.27. The minimum atomic E-state index is -0.0621. The number of carbonyl (C=O) groups is 1. The third-order valence-corrected chi connectivity index (χ3v) is 2.62. The van der Waals surface area contributed by atoms with E-state index >= 15 is 0 Å². The molecule has 1 heterocycles. The molecule has 1 saturated heterocycles. The van der Waals surface area contributed by atoms with E-state index < -0.39 is 0 Å². The number of nitriles is 1. The molecule has 1 fully saturated rings. The molecule has 1 aliphatic rings. The topological polar surface area (TPSA) is 64.3 Å². The summed E-state index contributed by atoms with van der Waals surface area (Å²) >= 11 is 0. The molecule has 1 amide bonds. The van der Waals surface area contributed by atoms with Crippen LogP contribution in [-0.2, 0) is 4.79 Å². The Morgan fingerprint density at radius 1 is 1.64 bits per heavy atom. The molecule has 1 atom stereocenters. The maximum Gasteiger partial charge on any atom is 0.237 e. The smallest absolute Gasteiger partial charge is 0.237 e. The molecule has 78 valence electrons. The van der Waals surface area contributed by atoms with Crippen LogP contribution in [0.25, 0.3) is 0 Å². The lowest BCUT2D eigenvalue weighted by Gasteiger charge is -2.23. The van der Waals surface area contributed by atoms with E-state index in [9.17, 15) is 4.79 Å². The molecule has 0 bridgehead atoms. The Morgan fingerprint density at radius 2 is 2.43 bits per heavy atom. The van der Waals surface area contributed by atoms with Gasteiger partial charge in [0, 0.05) is 19.2 Å². The Kier molecular flexibility index (Phi) is 4.41. The maximum atomic E-state index is 11.5. The fraction of sp³-hybridized carbons (Fsp3) is 0.800. The van der Waals surface area contributed by atoms with Gasteiger partial charge in [0.1, 0.15) is 6.42 Å². The minimum Gasteiger partial charge on any atom is -0.396 e. The standard InChI is InChI=1S/C10H16N2O2/c11-6-5-10(14)12-7-1-3-9(12)4-2-8-13/h9,13H,1-5,7-8H2. The second kappa shape index (κ2) is 5.61. The summed E-state index contributed by atoms with van der Waals surface area (Å²) in [5.74, 6) is -0.0621. The second-order valence-corrected chi connectivity index (χ2v) is 3.58. The van der Waals surface area contributed by atoms with Crippen LogP contribution in [0.5, 0.6) is 0 Å². The lowest BCUT2D eigenvalue weighted by atomic mass is 10.1. The van der Waals surface area contributed by atoms with Crippen molar-refractivity contribution in [3.05, 3.63) is 0 Å². The zero-order valence-corrected chi connectivity index (χ0v) is 8.28. The van der Waals surface area contributed by atoms with Gasteiger partial charge in [0.25, 0.3) is 0 Å². The van der Waals surface area contributed by atoms with E-state index in [4.69, 9.17) is 10.4 Å². The molecule has 0 radical (unpaired) electrons. The summed E-state index contributed by atoms with van der Waals surface area (Å²) in [6.45, 7) is 0.952. The highest BCUT2D eigenvalue weighted by atomic mass is 16.3. The molecule has 0 spiro atoms. The first kappa shape index (κ1) is 11.0. The van der Waals surface area contributed by atoms with Gasteiger partial charge in [0.15, 0.2) is 0 Å². The minimum absolute atomic E-state index is 0.0182. The van der Waals surface area contributed by atoms with Gasteiger partial charge in [0.2, 0.25) is 5.91 Å². The van der Waals surface area contributed by atoms with E-state index in [-0.39, 0.29) is 25.0 Å². The Balaban J connectivity index is 2.42. The lowest BCUT2D eigenvalue weighted by molar-refractivity contribution is -0.131. The fourth-order valence-corrected chi connectivity index (χ4v) is 1.96. The van der Waals surface area contributed by atoms with E-state index in [1.807, 2.05) is 6.07 Å². The van der Waals surface area contributed by atoms with Gasteiger partial charge in [-0.25, -0.2) is 0 Å². The third-order valence-electron chi connectivity index (χ3n) is 2.62. The average molecular weight is 196 g/mol. The summed E-state index contributed by atoms with van der Waals surface area (Å²) in [5, 5.41) is 17.1. The van der Waals surface area contributed by atoms with Gasteiger partial charge >= 0.3 is 0 Å². The molecule has 0 saturated carbocycles. The van der Waals surface area contributed by atoms with Crippen LogP contribution in [0.2, 0.25) is 0 Å². The summed E-state index contributed by atoms with van der Waals surface area (Å²) in [5.41, 5.74) is 0. The first-order valence-electron chi connectivity index (χ1n) is 5.07. The number of likely N-dealkylation sites (tertiary alicyclic amines) is 1. The lowest BCUT2D eigenvalue weighted by Crippen LogP contribution is -2.35. The van der Waals surface area contributed by atoms with Gasteiger partial charge in [-0.2, -0.15) is 5.26 Å². The number of aliphatic hydroxyl groups is 1. The van der Waals surface area contributed by atoms with E-state index in [0.29, 0.717) is 0 Å². The predicted octanol–water partition coefficient (Wildman–Crippen LogP) is 0.664. The molecule has 0 aromatic heterocycles. The zero-order chi connectivity index (χ0) is 10.4. The van der Waals surface area contributed by atoms with Crippen molar-refractivity contribution in [2.24, 2.45) is 0 Å². The van der Waals surface area contributed by atoms with Crippen molar-refractivity contribution >= 4 is 5.91 Å². The second-order valence-electron chi connectivity index (χ2n) is 3.58. The molecule has 1 rings (SSSR count). The summed E-state index contributed by atoms with van der Waals surface area (Å²) in [6, 6.07) is 2.13. The Labute approximate surface area is 84.1 Å². The molecule has 14 heavy (non-hydrogen) atoms. The normalized spacial score (nSPS) is 20.9. The SMILES string of the molecule is N#CCC(=O)N1CCCC1CCCO.